The van der Waals surface area contributed by atoms with Crippen molar-refractivity contribution in [3.63, 3.8) is 0 Å². The summed E-state index contributed by atoms with van der Waals surface area (Å²) in [5, 5.41) is 5.32. The molecule has 0 aliphatic heterocycles. The minimum atomic E-state index is -0.267. The van der Waals surface area contributed by atoms with Gasteiger partial charge in [-0.05, 0) is 24.6 Å². The molecule has 31 heavy (non-hydrogen) atoms. The van der Waals surface area contributed by atoms with Gasteiger partial charge in [-0.3, -0.25) is 0 Å². The van der Waals surface area contributed by atoms with E-state index in [4.69, 9.17) is 0 Å². The van der Waals surface area contributed by atoms with Crippen LogP contribution in [0.25, 0.3) is 21.8 Å². The van der Waals surface area contributed by atoms with Gasteiger partial charge in [0.05, 0.1) is 9.52 Å². The predicted octanol–water partition coefficient (Wildman–Crippen LogP) is 4.79. The van der Waals surface area contributed by atoms with E-state index in [1.54, 1.807) is 5.19 Å². The second kappa shape index (κ2) is 9.50. The summed E-state index contributed by atoms with van der Waals surface area (Å²) in [5.41, 5.74) is 4.29. The molecule has 154 valence electrons. The van der Waals surface area contributed by atoms with E-state index in [2.05, 4.69) is 114 Å². The van der Waals surface area contributed by atoms with Crippen molar-refractivity contribution in [2.24, 2.45) is 0 Å². The van der Waals surface area contributed by atoms with Crippen molar-refractivity contribution >= 4 is 46.0 Å². The molecule has 0 spiro atoms. The Morgan fingerprint density at radius 1 is 0.613 bits per heavy atom. The van der Waals surface area contributed by atoms with Crippen molar-refractivity contribution in [3.8, 4) is 0 Å². The Bertz CT molecular complexity index is 1210. The standard InChI is InChI=1S/C28H29NSi2/c1-3-11-22(12-4-1)21-30-28(31-23-13-5-2-6-14-23)19-20-29-26-17-9-7-15-24(26)25-16-8-10-18-27(25)29/h1-18,28H,19-21,30-31H2/t28-/m1/s1. The number of nitrogens with zero attached hydrogens (tertiary/aromatic N) is 1. The molecule has 0 aliphatic rings. The Balaban J connectivity index is 1.39. The normalized spacial score (nSPS) is 13.2. The average molecular weight is 436 g/mol. The summed E-state index contributed by atoms with van der Waals surface area (Å²) in [7, 11) is -0.438. The number of rotatable bonds is 8. The number of benzene rings is 4. The maximum atomic E-state index is 2.58. The van der Waals surface area contributed by atoms with Crippen LogP contribution in [0.1, 0.15) is 12.0 Å². The Labute approximate surface area is 189 Å². The molecular formula is C28H29NSi2. The van der Waals surface area contributed by atoms with Gasteiger partial charge in [0.25, 0.3) is 0 Å². The zero-order valence-electron chi connectivity index (χ0n) is 18.0. The van der Waals surface area contributed by atoms with Crippen molar-refractivity contribution in [1.82, 2.24) is 4.57 Å². The number of aromatic nitrogens is 1. The summed E-state index contributed by atoms with van der Waals surface area (Å²) in [6.45, 7) is 1.13. The van der Waals surface area contributed by atoms with Gasteiger partial charge in [-0.1, -0.05) is 113 Å². The molecule has 0 aliphatic carbocycles. The van der Waals surface area contributed by atoms with E-state index in [9.17, 15) is 0 Å². The lowest BCUT2D eigenvalue weighted by atomic mass is 10.2. The molecule has 5 rings (SSSR count). The van der Waals surface area contributed by atoms with E-state index >= 15 is 0 Å². The fourth-order valence-electron chi connectivity index (χ4n) is 4.87. The topological polar surface area (TPSA) is 4.93 Å². The quantitative estimate of drug-likeness (QED) is 0.309. The predicted molar refractivity (Wildman–Crippen MR) is 141 cm³/mol. The van der Waals surface area contributed by atoms with Gasteiger partial charge in [0, 0.05) is 37.9 Å². The maximum absolute atomic E-state index is 2.58. The second-order valence-corrected chi connectivity index (χ2v) is 14.3. The first-order chi connectivity index (χ1) is 15.4. The highest BCUT2D eigenvalue weighted by molar-refractivity contribution is 6.67. The molecular weight excluding hydrogens is 406 g/mol. The van der Waals surface area contributed by atoms with Crippen molar-refractivity contribution in [3.05, 3.63) is 115 Å². The highest BCUT2D eigenvalue weighted by Crippen LogP contribution is 2.29. The Hall–Kier alpha value is -2.89. The van der Waals surface area contributed by atoms with Gasteiger partial charge in [-0.2, -0.15) is 0 Å². The van der Waals surface area contributed by atoms with Gasteiger partial charge >= 0.3 is 0 Å². The Morgan fingerprint density at radius 3 is 1.81 bits per heavy atom. The number of para-hydroxylation sites is 2. The van der Waals surface area contributed by atoms with Crippen LogP contribution in [0.4, 0.5) is 0 Å². The van der Waals surface area contributed by atoms with Gasteiger partial charge < -0.3 is 4.57 Å². The molecule has 0 N–H and O–H groups in total. The lowest BCUT2D eigenvalue weighted by Crippen LogP contribution is -2.25. The molecule has 1 atom stereocenters. The minimum Gasteiger partial charge on any atom is -0.340 e. The first-order valence-corrected chi connectivity index (χ1v) is 14.8. The van der Waals surface area contributed by atoms with Crippen LogP contribution in [0.5, 0.6) is 0 Å². The highest BCUT2D eigenvalue weighted by atomic mass is 28.3. The van der Waals surface area contributed by atoms with Gasteiger partial charge in [-0.15, -0.1) is 0 Å². The molecule has 0 saturated carbocycles. The van der Waals surface area contributed by atoms with Crippen LogP contribution >= 0.6 is 0 Å². The van der Waals surface area contributed by atoms with Gasteiger partial charge in [0.15, 0.2) is 0 Å². The lowest BCUT2D eigenvalue weighted by molar-refractivity contribution is 0.702. The Morgan fingerprint density at radius 2 is 1.16 bits per heavy atom. The molecule has 0 radical (unpaired) electrons. The van der Waals surface area contributed by atoms with E-state index in [-0.39, 0.29) is 19.0 Å². The van der Waals surface area contributed by atoms with E-state index in [1.807, 2.05) is 0 Å². The SMILES string of the molecule is c1ccc(C[SiH2][C@@H](CCn2c3ccccc3c3ccccc32)[SiH2]c2ccccc2)cc1. The van der Waals surface area contributed by atoms with Gasteiger partial charge in [0.1, 0.15) is 0 Å². The van der Waals surface area contributed by atoms with Crippen molar-refractivity contribution < 1.29 is 0 Å². The molecule has 0 bridgehead atoms. The third-order valence-corrected chi connectivity index (χ3v) is 12.6. The summed E-state index contributed by atoms with van der Waals surface area (Å²) in [6, 6.07) is 41.5. The number of aryl methyl sites for hydroxylation is 1. The van der Waals surface area contributed by atoms with Crippen LogP contribution in [-0.4, -0.2) is 23.6 Å². The molecule has 3 heteroatoms. The smallest absolute Gasteiger partial charge is 0.0548 e. The van der Waals surface area contributed by atoms with E-state index in [0.717, 1.165) is 11.7 Å². The second-order valence-electron chi connectivity index (χ2n) is 8.55. The highest BCUT2D eigenvalue weighted by Gasteiger charge is 2.15. The van der Waals surface area contributed by atoms with Crippen LogP contribution in [-0.2, 0) is 12.6 Å². The molecule has 0 saturated heterocycles. The van der Waals surface area contributed by atoms with Crippen molar-refractivity contribution in [2.45, 2.75) is 24.2 Å². The minimum absolute atomic E-state index is 0.171. The summed E-state index contributed by atoms with van der Waals surface area (Å²) in [6.07, 6.45) is 1.31. The first-order valence-electron chi connectivity index (χ1n) is 11.4. The van der Waals surface area contributed by atoms with Gasteiger partial charge in [0.2, 0.25) is 0 Å². The fourth-order valence-corrected chi connectivity index (χ4v) is 10.4. The van der Waals surface area contributed by atoms with Crippen LogP contribution in [0.2, 0.25) is 5.16 Å². The molecule has 0 unspecified atom stereocenters. The van der Waals surface area contributed by atoms with E-state index in [1.165, 1.54) is 39.8 Å². The third kappa shape index (κ3) is 4.58. The number of fused-ring (bicyclic) bond motifs is 3. The molecule has 1 heterocycles. The number of hydrogen-bond donors (Lipinski definition) is 0. The largest absolute Gasteiger partial charge is 0.340 e. The van der Waals surface area contributed by atoms with Crippen molar-refractivity contribution in [2.75, 3.05) is 0 Å². The molecule has 1 nitrogen and oxygen atoms in total. The lowest BCUT2D eigenvalue weighted by Gasteiger charge is -2.18. The maximum Gasteiger partial charge on any atom is 0.0548 e. The molecule has 0 fully saturated rings. The van der Waals surface area contributed by atoms with E-state index < -0.39 is 0 Å². The van der Waals surface area contributed by atoms with Crippen LogP contribution in [0, 0.1) is 0 Å². The molecule has 5 aromatic rings. The van der Waals surface area contributed by atoms with Crippen LogP contribution in [0.15, 0.2) is 109 Å². The number of hydrogen-bond acceptors (Lipinski definition) is 0. The first kappa shape index (κ1) is 20.0. The van der Waals surface area contributed by atoms with Crippen LogP contribution in [0.3, 0.4) is 0 Å². The average Bonchev–Trinajstić information content (AvgIpc) is 3.16. The molecule has 4 aromatic carbocycles. The zero-order chi connectivity index (χ0) is 20.9. The fraction of sp³-hybridized carbons (Fsp3) is 0.143. The summed E-state index contributed by atoms with van der Waals surface area (Å²) in [5.74, 6) is 0. The monoisotopic (exact) mass is 435 g/mol. The van der Waals surface area contributed by atoms with Crippen molar-refractivity contribution in [1.29, 1.82) is 0 Å². The third-order valence-electron chi connectivity index (χ3n) is 6.49. The summed E-state index contributed by atoms with van der Waals surface area (Å²) in [4.78, 5) is 0. The van der Waals surface area contributed by atoms with Crippen LogP contribution < -0.4 is 5.19 Å². The molecule has 0 amide bonds. The summed E-state index contributed by atoms with van der Waals surface area (Å²) >= 11 is 0. The zero-order valence-corrected chi connectivity index (χ0v) is 20.8. The van der Waals surface area contributed by atoms with Gasteiger partial charge in [-0.25, -0.2) is 0 Å². The summed E-state index contributed by atoms with van der Waals surface area (Å²) < 4.78 is 2.58. The van der Waals surface area contributed by atoms with E-state index in [0.29, 0.717) is 0 Å². The molecule has 1 aromatic heterocycles. The Kier molecular flexibility index (Phi) is 6.14.